The van der Waals surface area contributed by atoms with Gasteiger partial charge in [-0.2, -0.15) is 8.42 Å². The Labute approximate surface area is 172 Å². The van der Waals surface area contributed by atoms with Gasteiger partial charge in [-0.1, -0.05) is 84.0 Å². The zero-order valence-electron chi connectivity index (χ0n) is 17.8. The molecule has 0 aromatic carbocycles. The smallest absolute Gasteiger partial charge is 0.362 e. The van der Waals surface area contributed by atoms with Crippen LogP contribution in [0.4, 0.5) is 0 Å². The molecule has 0 aliphatic carbocycles. The molecule has 1 rings (SSSR count). The highest BCUT2D eigenvalue weighted by Gasteiger charge is 2.23. The summed E-state index contributed by atoms with van der Waals surface area (Å²) in [6, 6.07) is 0. The highest BCUT2D eigenvalue weighted by Crippen LogP contribution is 2.14. The van der Waals surface area contributed by atoms with E-state index in [0.717, 1.165) is 19.3 Å². The topological polar surface area (TPSA) is 81.7 Å². The van der Waals surface area contributed by atoms with Gasteiger partial charge in [0.1, 0.15) is 0 Å². The van der Waals surface area contributed by atoms with E-state index in [9.17, 15) is 13.2 Å². The normalized spacial score (nSPS) is 15.6. The Morgan fingerprint density at radius 1 is 0.857 bits per heavy atom. The van der Waals surface area contributed by atoms with E-state index < -0.39 is 22.3 Å². The Balaban J connectivity index is 1.92. The van der Waals surface area contributed by atoms with Crippen LogP contribution < -0.4 is 4.72 Å². The van der Waals surface area contributed by atoms with Crippen LogP contribution >= 0.6 is 0 Å². The summed E-state index contributed by atoms with van der Waals surface area (Å²) in [4.78, 5) is 11.8. The van der Waals surface area contributed by atoms with Crippen LogP contribution in [-0.4, -0.2) is 33.6 Å². The Kier molecular flexibility index (Phi) is 14.7. The fraction of sp³-hybridized carbons (Fsp3) is 0.952. The molecule has 1 N–H and O–H groups in total. The molecule has 7 heteroatoms. The van der Waals surface area contributed by atoms with Crippen LogP contribution in [0.5, 0.6) is 0 Å². The van der Waals surface area contributed by atoms with Crippen LogP contribution in [0.3, 0.4) is 0 Å². The minimum absolute atomic E-state index is 0.230. The Morgan fingerprint density at radius 2 is 1.32 bits per heavy atom. The molecule has 0 atom stereocenters. The molecule has 0 unspecified atom stereocenters. The maximum atomic E-state index is 11.8. The van der Waals surface area contributed by atoms with E-state index in [0.29, 0.717) is 26.1 Å². The summed E-state index contributed by atoms with van der Waals surface area (Å²) < 4.78 is 35.9. The predicted molar refractivity (Wildman–Crippen MR) is 112 cm³/mol. The van der Waals surface area contributed by atoms with Gasteiger partial charge in [0, 0.05) is 19.6 Å². The molecule has 28 heavy (non-hydrogen) atoms. The van der Waals surface area contributed by atoms with Crippen LogP contribution in [0.1, 0.15) is 110 Å². The lowest BCUT2D eigenvalue weighted by Gasteiger charge is -2.21. The van der Waals surface area contributed by atoms with Crippen molar-refractivity contribution in [2.24, 2.45) is 0 Å². The van der Waals surface area contributed by atoms with Crippen molar-refractivity contribution in [3.63, 3.8) is 0 Å². The monoisotopic (exact) mass is 419 g/mol. The maximum Gasteiger partial charge on any atom is 0.362 e. The Morgan fingerprint density at radius 3 is 1.82 bits per heavy atom. The molecule has 1 aliphatic rings. The van der Waals surface area contributed by atoms with Gasteiger partial charge in [-0.15, -0.1) is 0 Å². The fourth-order valence-electron chi connectivity index (χ4n) is 3.47. The molecule has 0 saturated carbocycles. The molecule has 0 radical (unpaired) electrons. The van der Waals surface area contributed by atoms with Crippen molar-refractivity contribution in [3.05, 3.63) is 0 Å². The number of amides is 1. The van der Waals surface area contributed by atoms with Gasteiger partial charge in [0.2, 0.25) is 5.91 Å². The molecule has 166 valence electrons. The van der Waals surface area contributed by atoms with Gasteiger partial charge in [0.25, 0.3) is 0 Å². The van der Waals surface area contributed by atoms with E-state index in [1.165, 1.54) is 64.2 Å². The number of hydrogen-bond acceptors (Lipinski definition) is 5. The quantitative estimate of drug-likeness (QED) is 0.335. The third-order valence-corrected chi connectivity index (χ3v) is 6.18. The van der Waals surface area contributed by atoms with Crippen molar-refractivity contribution in [1.29, 1.82) is 0 Å². The first-order chi connectivity index (χ1) is 13.5. The number of unbranched alkanes of at least 4 members (excludes halogenated alkanes) is 12. The largest absolute Gasteiger partial charge is 0.381 e. The molecule has 1 fully saturated rings. The zero-order chi connectivity index (χ0) is 20.5. The van der Waals surface area contributed by atoms with E-state index in [1.807, 2.05) is 4.72 Å². The number of ether oxygens (including phenoxy) is 1. The van der Waals surface area contributed by atoms with Crippen molar-refractivity contribution in [1.82, 2.24) is 4.72 Å². The molecule has 6 nitrogen and oxygen atoms in total. The summed E-state index contributed by atoms with van der Waals surface area (Å²) in [5.41, 5.74) is 0. The second-order valence-corrected chi connectivity index (χ2v) is 9.18. The average Bonchev–Trinajstić information content (AvgIpc) is 2.65. The van der Waals surface area contributed by atoms with Crippen molar-refractivity contribution in [2.75, 3.05) is 13.2 Å². The minimum atomic E-state index is -4.00. The van der Waals surface area contributed by atoms with Gasteiger partial charge < -0.3 is 4.74 Å². The van der Waals surface area contributed by atoms with Gasteiger partial charge in [-0.05, 0) is 19.3 Å². The van der Waals surface area contributed by atoms with Crippen molar-refractivity contribution < 1.29 is 22.1 Å². The van der Waals surface area contributed by atoms with Crippen molar-refractivity contribution in [3.8, 4) is 0 Å². The van der Waals surface area contributed by atoms with Crippen molar-refractivity contribution in [2.45, 2.75) is 116 Å². The molecular formula is C21H41NO5S. The summed E-state index contributed by atoms with van der Waals surface area (Å²) >= 11 is 0. The average molecular weight is 420 g/mol. The first-order valence-electron chi connectivity index (χ1n) is 11.3. The van der Waals surface area contributed by atoms with E-state index in [1.54, 1.807) is 0 Å². The Bertz CT molecular complexity index is 489. The number of hydrogen-bond donors (Lipinski definition) is 1. The van der Waals surface area contributed by atoms with Gasteiger partial charge in [0.05, 0.1) is 6.10 Å². The minimum Gasteiger partial charge on any atom is -0.381 e. The maximum absolute atomic E-state index is 11.8. The van der Waals surface area contributed by atoms with Crippen LogP contribution in [0.15, 0.2) is 0 Å². The summed E-state index contributed by atoms with van der Waals surface area (Å²) in [5, 5.41) is 0. The Hall–Kier alpha value is -0.660. The number of nitrogens with one attached hydrogen (secondary N) is 1. The highest BCUT2D eigenvalue weighted by atomic mass is 32.2. The SMILES string of the molecule is CCCCCCCCCCCCCCCC(=O)NS(=O)(=O)OC1CCOCC1. The molecule has 0 bridgehead atoms. The molecule has 0 spiro atoms. The van der Waals surface area contributed by atoms with Crippen LogP contribution in [-0.2, 0) is 24.0 Å². The van der Waals surface area contributed by atoms with Gasteiger partial charge in [-0.25, -0.2) is 4.72 Å². The van der Waals surface area contributed by atoms with E-state index in [2.05, 4.69) is 6.92 Å². The summed E-state index contributed by atoms with van der Waals surface area (Å²) in [7, 11) is -4.00. The van der Waals surface area contributed by atoms with Crippen molar-refractivity contribution >= 4 is 16.2 Å². The summed E-state index contributed by atoms with van der Waals surface area (Å²) in [5.74, 6) is -0.477. The number of carbonyl (C=O) groups excluding carboxylic acids is 1. The number of rotatable bonds is 17. The zero-order valence-corrected chi connectivity index (χ0v) is 18.6. The van der Waals surface area contributed by atoms with E-state index in [-0.39, 0.29) is 6.42 Å². The standard InChI is InChI=1S/C21H41NO5S/c1-2-3-4-5-6-7-8-9-10-11-12-13-14-15-21(23)22-28(24,25)27-20-16-18-26-19-17-20/h20H,2-19H2,1H3,(H,22,23). The molecule has 1 aliphatic heterocycles. The third-order valence-electron chi connectivity index (χ3n) is 5.18. The van der Waals surface area contributed by atoms with Gasteiger partial charge >= 0.3 is 10.3 Å². The molecule has 1 saturated heterocycles. The predicted octanol–water partition coefficient (Wildman–Crippen LogP) is 5.02. The van der Waals surface area contributed by atoms with Gasteiger partial charge in [0.15, 0.2) is 0 Å². The lowest BCUT2D eigenvalue weighted by atomic mass is 10.0. The molecule has 1 heterocycles. The third kappa shape index (κ3) is 14.4. The van der Waals surface area contributed by atoms with E-state index in [4.69, 9.17) is 8.92 Å². The molecule has 1 amide bonds. The first kappa shape index (κ1) is 25.4. The lowest BCUT2D eigenvalue weighted by molar-refractivity contribution is -0.119. The molecular weight excluding hydrogens is 378 g/mol. The van der Waals surface area contributed by atoms with Gasteiger partial charge in [-0.3, -0.25) is 8.98 Å². The van der Waals surface area contributed by atoms with Crippen LogP contribution in [0.2, 0.25) is 0 Å². The second kappa shape index (κ2) is 16.2. The highest BCUT2D eigenvalue weighted by molar-refractivity contribution is 7.85. The summed E-state index contributed by atoms with van der Waals surface area (Å²) in [6.07, 6.45) is 17.0. The first-order valence-corrected chi connectivity index (χ1v) is 12.8. The fourth-order valence-corrected chi connectivity index (χ4v) is 4.45. The molecule has 0 aromatic rings. The van der Waals surface area contributed by atoms with Crippen LogP contribution in [0.25, 0.3) is 0 Å². The second-order valence-electron chi connectivity index (χ2n) is 7.88. The van der Waals surface area contributed by atoms with E-state index >= 15 is 0 Å². The lowest BCUT2D eigenvalue weighted by Crippen LogP contribution is -2.36. The van der Waals surface area contributed by atoms with Crippen LogP contribution in [0, 0.1) is 0 Å². The summed E-state index contributed by atoms with van der Waals surface area (Å²) in [6.45, 7) is 3.23. The molecule has 0 aromatic heterocycles. The number of carbonyl (C=O) groups is 1.